The molecule has 2 unspecified atom stereocenters. The van der Waals surface area contributed by atoms with Gasteiger partial charge in [0, 0.05) is 33.8 Å². The maximum absolute atomic E-state index is 14.4. The van der Waals surface area contributed by atoms with Crippen LogP contribution in [0.15, 0.2) is 0 Å². The van der Waals surface area contributed by atoms with Crippen molar-refractivity contribution >= 4 is 8.80 Å². The average molecular weight is 628 g/mol. The average Bonchev–Trinajstić information content (AvgIpc) is 2.71. The highest BCUT2D eigenvalue weighted by molar-refractivity contribution is 6.60. The lowest BCUT2D eigenvalue weighted by molar-refractivity contribution is -0.552. The molecule has 0 aromatic heterocycles. The van der Waals surface area contributed by atoms with E-state index in [0.717, 1.165) is 21.3 Å². The highest BCUT2D eigenvalue weighted by Gasteiger charge is 2.85. The molecule has 0 saturated carbocycles. The Labute approximate surface area is 202 Å². The van der Waals surface area contributed by atoms with E-state index in [0.29, 0.717) is 0 Å². The quantitative estimate of drug-likeness (QED) is 0.119. The summed E-state index contributed by atoms with van der Waals surface area (Å²) in [6, 6.07) is -0.474. The van der Waals surface area contributed by atoms with Crippen molar-refractivity contribution in [2.24, 2.45) is 0 Å². The van der Waals surface area contributed by atoms with Crippen LogP contribution in [0.3, 0.4) is 0 Å². The molecule has 0 aromatic rings. The van der Waals surface area contributed by atoms with Gasteiger partial charge >= 0.3 is 57.2 Å². The Morgan fingerprint density at radius 2 is 0.921 bits per heavy atom. The Bertz CT molecular complexity index is 758. The molecule has 0 aliphatic rings. The predicted molar refractivity (Wildman–Crippen MR) is 88.3 cm³/mol. The second-order valence-corrected chi connectivity index (χ2v) is 10.2. The molecule has 0 amide bonds. The molecule has 2 atom stereocenters. The zero-order chi connectivity index (χ0) is 30.9. The molecule has 0 aliphatic carbocycles. The number of unbranched alkanes of at least 4 members (excludes halogenated alkanes) is 1. The van der Waals surface area contributed by atoms with Gasteiger partial charge in [-0.05, 0) is 12.8 Å². The zero-order valence-corrected chi connectivity index (χ0v) is 19.8. The third-order valence-corrected chi connectivity index (χ3v) is 7.44. The van der Waals surface area contributed by atoms with E-state index in [4.69, 9.17) is 13.3 Å². The molecule has 0 spiro atoms. The molecule has 5 nitrogen and oxygen atoms in total. The lowest BCUT2D eigenvalue weighted by atomic mass is 10.1. The van der Waals surface area contributed by atoms with Gasteiger partial charge < -0.3 is 13.3 Å². The topological polar surface area (TPSA) is 46.2 Å². The standard InChI is InChI=1S/C15H17F17O5Si/c1-33-38(34-2,35-3)7-5-4-6-8(16,11(20,21)22)36-15(31,32)10(19,13(26,27)28)37-14(29,30)9(17,18)12(23,24)25/h4-7H2,1-3H3. The summed E-state index contributed by atoms with van der Waals surface area (Å²) in [5.41, 5.74) is 0. The molecular formula is C15H17F17O5Si. The largest absolute Gasteiger partial charge is 0.500 e. The van der Waals surface area contributed by atoms with Crippen molar-refractivity contribution in [2.75, 3.05) is 21.3 Å². The molecule has 23 heteroatoms. The van der Waals surface area contributed by atoms with Crippen LogP contribution in [0, 0.1) is 0 Å². The number of ether oxygens (including phenoxy) is 2. The van der Waals surface area contributed by atoms with Gasteiger partial charge in [-0.2, -0.15) is 70.2 Å². The maximum Gasteiger partial charge on any atom is 0.500 e. The van der Waals surface area contributed by atoms with Gasteiger partial charge in [0.15, 0.2) is 0 Å². The van der Waals surface area contributed by atoms with E-state index < -0.39 is 82.5 Å². The van der Waals surface area contributed by atoms with Crippen LogP contribution in [0.2, 0.25) is 6.04 Å². The van der Waals surface area contributed by atoms with E-state index in [1.165, 1.54) is 4.74 Å². The molecule has 0 bridgehead atoms. The molecule has 0 rings (SSSR count). The van der Waals surface area contributed by atoms with Crippen molar-refractivity contribution in [3.05, 3.63) is 0 Å². The molecule has 0 aliphatic heterocycles. The number of rotatable bonds is 14. The Balaban J connectivity index is 6.32. The molecule has 0 N–H and O–H groups in total. The van der Waals surface area contributed by atoms with E-state index in [1.807, 2.05) is 0 Å². The first-order chi connectivity index (χ1) is 16.6. The fourth-order valence-electron chi connectivity index (χ4n) is 2.46. The number of hydrogen-bond acceptors (Lipinski definition) is 5. The summed E-state index contributed by atoms with van der Waals surface area (Å²) < 4.78 is 241. The third kappa shape index (κ3) is 7.31. The number of halogens is 17. The van der Waals surface area contributed by atoms with Crippen LogP contribution in [0.25, 0.3) is 0 Å². The second-order valence-electron chi connectivity index (χ2n) is 7.13. The smallest absolute Gasteiger partial charge is 0.377 e. The number of hydrogen-bond donors (Lipinski definition) is 0. The van der Waals surface area contributed by atoms with Crippen molar-refractivity contribution in [3.8, 4) is 0 Å². The molecular weight excluding hydrogens is 611 g/mol. The minimum Gasteiger partial charge on any atom is -0.377 e. The fraction of sp³-hybridized carbons (Fsp3) is 1.00. The molecule has 38 heavy (non-hydrogen) atoms. The molecule has 230 valence electrons. The Kier molecular flexibility index (Phi) is 11.0. The van der Waals surface area contributed by atoms with Crippen molar-refractivity contribution in [1.82, 2.24) is 0 Å². The maximum atomic E-state index is 14.4. The molecule has 0 fully saturated rings. The van der Waals surface area contributed by atoms with Crippen LogP contribution in [0.5, 0.6) is 0 Å². The van der Waals surface area contributed by atoms with Gasteiger partial charge in [0.25, 0.3) is 0 Å². The summed E-state index contributed by atoms with van der Waals surface area (Å²) >= 11 is 0. The normalized spacial score (nSPS) is 18.3. The fourth-order valence-corrected chi connectivity index (χ4v) is 4.25. The van der Waals surface area contributed by atoms with Crippen LogP contribution in [-0.2, 0) is 22.8 Å². The SMILES string of the molecule is CO[Si](CCCCC(F)(OC(F)(F)C(F)(OC(F)(F)C(F)(F)C(F)(F)F)C(F)(F)F)C(F)(F)F)(OC)OC. The summed E-state index contributed by atoms with van der Waals surface area (Å²) in [6.45, 7) is 0. The van der Waals surface area contributed by atoms with Gasteiger partial charge in [-0.1, -0.05) is 0 Å². The summed E-state index contributed by atoms with van der Waals surface area (Å²) in [5, 5.41) is 0. The van der Waals surface area contributed by atoms with Gasteiger partial charge in [0.1, 0.15) is 0 Å². The van der Waals surface area contributed by atoms with Crippen LogP contribution < -0.4 is 0 Å². The molecule has 0 radical (unpaired) electrons. The van der Waals surface area contributed by atoms with Gasteiger partial charge in [-0.25, -0.2) is 4.39 Å². The van der Waals surface area contributed by atoms with Crippen molar-refractivity contribution in [2.45, 2.75) is 73.7 Å². The predicted octanol–water partition coefficient (Wildman–Crippen LogP) is 6.91. The Hall–Kier alpha value is -1.17. The van der Waals surface area contributed by atoms with Crippen LogP contribution in [0.1, 0.15) is 19.3 Å². The lowest BCUT2D eigenvalue weighted by Gasteiger charge is -2.40. The van der Waals surface area contributed by atoms with Crippen LogP contribution in [-0.4, -0.2) is 78.5 Å². The highest BCUT2D eigenvalue weighted by atomic mass is 28.4. The summed E-state index contributed by atoms with van der Waals surface area (Å²) in [5.74, 6) is -21.7. The van der Waals surface area contributed by atoms with Crippen molar-refractivity contribution in [1.29, 1.82) is 0 Å². The summed E-state index contributed by atoms with van der Waals surface area (Å²) in [7, 11) is -0.607. The van der Waals surface area contributed by atoms with Gasteiger partial charge in [-0.3, -0.25) is 9.47 Å². The van der Waals surface area contributed by atoms with Crippen LogP contribution >= 0.6 is 0 Å². The first kappa shape index (κ1) is 36.8. The minimum absolute atomic E-state index is 0.474. The van der Waals surface area contributed by atoms with Gasteiger partial charge in [0.2, 0.25) is 0 Å². The third-order valence-electron chi connectivity index (χ3n) is 4.61. The number of alkyl halides is 17. The van der Waals surface area contributed by atoms with Gasteiger partial charge in [0.05, 0.1) is 0 Å². The molecule has 0 heterocycles. The van der Waals surface area contributed by atoms with E-state index in [2.05, 4.69) is 4.74 Å². The van der Waals surface area contributed by atoms with E-state index in [-0.39, 0.29) is 0 Å². The molecule has 0 aromatic carbocycles. The monoisotopic (exact) mass is 628 g/mol. The second kappa shape index (κ2) is 11.4. The first-order valence-corrected chi connectivity index (χ1v) is 11.3. The highest BCUT2D eigenvalue weighted by Crippen LogP contribution is 2.57. The lowest BCUT2D eigenvalue weighted by Crippen LogP contribution is -2.67. The summed E-state index contributed by atoms with van der Waals surface area (Å²) in [6.07, 6.45) is -42.0. The summed E-state index contributed by atoms with van der Waals surface area (Å²) in [4.78, 5) is 0. The Morgan fingerprint density at radius 3 is 1.24 bits per heavy atom. The molecule has 0 saturated heterocycles. The first-order valence-electron chi connectivity index (χ1n) is 9.32. The minimum atomic E-state index is -7.88. The zero-order valence-electron chi connectivity index (χ0n) is 18.8. The van der Waals surface area contributed by atoms with Crippen molar-refractivity contribution < 1.29 is 97.4 Å². The Morgan fingerprint density at radius 1 is 0.500 bits per heavy atom. The van der Waals surface area contributed by atoms with Gasteiger partial charge in [-0.15, -0.1) is 0 Å². The van der Waals surface area contributed by atoms with Crippen LogP contribution in [0.4, 0.5) is 74.6 Å². The van der Waals surface area contributed by atoms with Crippen molar-refractivity contribution in [3.63, 3.8) is 0 Å². The van der Waals surface area contributed by atoms with E-state index in [1.54, 1.807) is 0 Å². The van der Waals surface area contributed by atoms with E-state index >= 15 is 0 Å². The van der Waals surface area contributed by atoms with E-state index in [9.17, 15) is 74.6 Å².